The van der Waals surface area contributed by atoms with Crippen LogP contribution >= 0.6 is 0 Å². The van der Waals surface area contributed by atoms with Gasteiger partial charge in [0.15, 0.2) is 0 Å². The van der Waals surface area contributed by atoms with Crippen molar-refractivity contribution in [1.82, 2.24) is 5.32 Å². The Bertz CT molecular complexity index is 784. The highest BCUT2D eigenvalue weighted by Gasteiger charge is 2.43. The van der Waals surface area contributed by atoms with Crippen molar-refractivity contribution in [3.63, 3.8) is 0 Å². The SMILES string of the molecule is COc1cccc(O[C@@H]2C[C@@H](NC(=O)c3cccc(F)c3)[C@H](O)[C@H]2O)c1. The first-order chi connectivity index (χ1) is 12.5. The van der Waals surface area contributed by atoms with Gasteiger partial charge in [-0.2, -0.15) is 0 Å². The van der Waals surface area contributed by atoms with E-state index in [4.69, 9.17) is 9.47 Å². The van der Waals surface area contributed by atoms with Crippen LogP contribution in [-0.2, 0) is 0 Å². The summed E-state index contributed by atoms with van der Waals surface area (Å²) < 4.78 is 24.1. The predicted octanol–water partition coefficient (Wildman–Crippen LogP) is 1.51. The molecular weight excluding hydrogens is 341 g/mol. The van der Waals surface area contributed by atoms with Gasteiger partial charge in [0.05, 0.1) is 13.2 Å². The fourth-order valence-corrected chi connectivity index (χ4v) is 2.98. The van der Waals surface area contributed by atoms with Crippen LogP contribution in [0.5, 0.6) is 11.5 Å². The molecule has 2 aromatic rings. The smallest absolute Gasteiger partial charge is 0.251 e. The Hall–Kier alpha value is -2.64. The molecule has 1 aliphatic carbocycles. The first kappa shape index (κ1) is 18.2. The Balaban J connectivity index is 1.66. The van der Waals surface area contributed by atoms with E-state index in [0.29, 0.717) is 11.5 Å². The van der Waals surface area contributed by atoms with Crippen molar-refractivity contribution in [2.45, 2.75) is 30.8 Å². The van der Waals surface area contributed by atoms with E-state index < -0.39 is 36.1 Å². The molecular formula is C19H20FNO5. The Labute approximate surface area is 150 Å². The van der Waals surface area contributed by atoms with E-state index in [1.54, 1.807) is 24.3 Å². The molecule has 0 unspecified atom stereocenters. The molecule has 0 bridgehead atoms. The lowest BCUT2D eigenvalue weighted by atomic mass is 10.1. The van der Waals surface area contributed by atoms with Crippen molar-refractivity contribution in [3.05, 3.63) is 59.9 Å². The Morgan fingerprint density at radius 1 is 1.12 bits per heavy atom. The molecule has 0 heterocycles. The normalized spacial score (nSPS) is 24.9. The summed E-state index contributed by atoms with van der Waals surface area (Å²) in [5.41, 5.74) is 0.142. The summed E-state index contributed by atoms with van der Waals surface area (Å²) in [4.78, 5) is 12.2. The van der Waals surface area contributed by atoms with Gasteiger partial charge >= 0.3 is 0 Å². The molecule has 6 nitrogen and oxygen atoms in total. The zero-order chi connectivity index (χ0) is 18.7. The molecule has 0 saturated heterocycles. The van der Waals surface area contributed by atoms with Crippen molar-refractivity contribution in [1.29, 1.82) is 0 Å². The minimum atomic E-state index is -1.19. The Morgan fingerprint density at radius 3 is 2.58 bits per heavy atom. The summed E-state index contributed by atoms with van der Waals surface area (Å²) in [7, 11) is 1.53. The van der Waals surface area contributed by atoms with E-state index in [2.05, 4.69) is 5.32 Å². The first-order valence-electron chi connectivity index (χ1n) is 8.21. The van der Waals surface area contributed by atoms with Crippen molar-refractivity contribution in [2.75, 3.05) is 7.11 Å². The number of aliphatic hydroxyl groups excluding tert-OH is 2. The molecule has 0 radical (unpaired) electrons. The molecule has 1 aliphatic rings. The van der Waals surface area contributed by atoms with Gasteiger partial charge in [0.1, 0.15) is 35.6 Å². The van der Waals surface area contributed by atoms with Gasteiger partial charge in [-0.05, 0) is 30.3 Å². The van der Waals surface area contributed by atoms with E-state index in [0.717, 1.165) is 6.07 Å². The minimum absolute atomic E-state index is 0.142. The Morgan fingerprint density at radius 2 is 1.85 bits per heavy atom. The number of ether oxygens (including phenoxy) is 2. The molecule has 3 rings (SSSR count). The van der Waals surface area contributed by atoms with Crippen molar-refractivity contribution in [3.8, 4) is 11.5 Å². The number of carbonyl (C=O) groups excluding carboxylic acids is 1. The van der Waals surface area contributed by atoms with Gasteiger partial charge in [0.2, 0.25) is 0 Å². The van der Waals surface area contributed by atoms with Crippen LogP contribution < -0.4 is 14.8 Å². The zero-order valence-electron chi connectivity index (χ0n) is 14.1. The number of halogens is 1. The van der Waals surface area contributed by atoms with Crippen LogP contribution in [0.25, 0.3) is 0 Å². The number of hydrogen-bond acceptors (Lipinski definition) is 5. The van der Waals surface area contributed by atoms with E-state index in [1.807, 2.05) is 0 Å². The maximum absolute atomic E-state index is 13.2. The van der Waals surface area contributed by atoms with Gasteiger partial charge < -0.3 is 25.0 Å². The minimum Gasteiger partial charge on any atom is -0.497 e. The first-order valence-corrected chi connectivity index (χ1v) is 8.21. The lowest BCUT2D eigenvalue weighted by Gasteiger charge is -2.18. The molecule has 1 saturated carbocycles. The van der Waals surface area contributed by atoms with E-state index in [-0.39, 0.29) is 12.0 Å². The molecule has 1 fully saturated rings. The molecule has 138 valence electrons. The molecule has 0 aliphatic heterocycles. The van der Waals surface area contributed by atoms with Gasteiger partial charge in [-0.3, -0.25) is 4.79 Å². The van der Waals surface area contributed by atoms with Crippen LogP contribution in [0, 0.1) is 5.82 Å². The zero-order valence-corrected chi connectivity index (χ0v) is 14.1. The third-order valence-corrected chi connectivity index (χ3v) is 4.36. The topological polar surface area (TPSA) is 88.0 Å². The van der Waals surface area contributed by atoms with Crippen LogP contribution in [0.2, 0.25) is 0 Å². The summed E-state index contributed by atoms with van der Waals surface area (Å²) in [5, 5.41) is 23.1. The maximum Gasteiger partial charge on any atom is 0.251 e. The van der Waals surface area contributed by atoms with Gasteiger partial charge in [0.25, 0.3) is 5.91 Å². The average Bonchev–Trinajstić information content (AvgIpc) is 2.90. The lowest BCUT2D eigenvalue weighted by molar-refractivity contribution is -0.0135. The summed E-state index contributed by atoms with van der Waals surface area (Å²) in [6.45, 7) is 0. The van der Waals surface area contributed by atoms with Gasteiger partial charge in [-0.1, -0.05) is 12.1 Å². The van der Waals surface area contributed by atoms with E-state index in [9.17, 15) is 19.4 Å². The average molecular weight is 361 g/mol. The fraction of sp³-hybridized carbons (Fsp3) is 0.316. The van der Waals surface area contributed by atoms with Crippen molar-refractivity contribution < 1.29 is 28.9 Å². The maximum atomic E-state index is 13.2. The van der Waals surface area contributed by atoms with Crippen LogP contribution in [0.15, 0.2) is 48.5 Å². The fourth-order valence-electron chi connectivity index (χ4n) is 2.98. The summed E-state index contributed by atoms with van der Waals surface area (Å²) in [6.07, 6.45) is -2.85. The van der Waals surface area contributed by atoms with Crippen LogP contribution in [0.1, 0.15) is 16.8 Å². The number of aliphatic hydroxyl groups is 2. The van der Waals surface area contributed by atoms with Crippen LogP contribution in [-0.4, -0.2) is 47.6 Å². The number of rotatable bonds is 5. The number of benzene rings is 2. The highest BCUT2D eigenvalue weighted by molar-refractivity contribution is 5.94. The van der Waals surface area contributed by atoms with Gasteiger partial charge in [-0.25, -0.2) is 4.39 Å². The Kier molecular flexibility index (Phi) is 5.39. The predicted molar refractivity (Wildman–Crippen MR) is 91.7 cm³/mol. The molecule has 26 heavy (non-hydrogen) atoms. The van der Waals surface area contributed by atoms with Crippen molar-refractivity contribution >= 4 is 5.91 Å². The quantitative estimate of drug-likeness (QED) is 0.751. The molecule has 1 amide bonds. The highest BCUT2D eigenvalue weighted by Crippen LogP contribution is 2.28. The molecule has 0 spiro atoms. The summed E-state index contributed by atoms with van der Waals surface area (Å²) in [6, 6.07) is 11.4. The number of carbonyl (C=O) groups is 1. The second-order valence-electron chi connectivity index (χ2n) is 6.14. The van der Waals surface area contributed by atoms with Crippen molar-refractivity contribution in [2.24, 2.45) is 0 Å². The van der Waals surface area contributed by atoms with E-state index in [1.165, 1.54) is 25.3 Å². The standard InChI is InChI=1S/C19H20FNO5/c1-25-13-6-3-7-14(9-13)26-16-10-15(17(22)18(16)23)21-19(24)11-4-2-5-12(20)8-11/h2-9,15-18,22-23H,10H2,1H3,(H,21,24)/t15-,16-,17+,18+/m1/s1. The highest BCUT2D eigenvalue weighted by atomic mass is 19.1. The number of methoxy groups -OCH3 is 1. The van der Waals surface area contributed by atoms with Crippen LogP contribution in [0.4, 0.5) is 4.39 Å². The largest absolute Gasteiger partial charge is 0.497 e. The third-order valence-electron chi connectivity index (χ3n) is 4.36. The monoisotopic (exact) mass is 361 g/mol. The second kappa shape index (κ2) is 7.72. The number of nitrogens with one attached hydrogen (secondary N) is 1. The van der Waals surface area contributed by atoms with Crippen LogP contribution in [0.3, 0.4) is 0 Å². The molecule has 2 aromatic carbocycles. The summed E-state index contributed by atoms with van der Waals surface area (Å²) in [5.74, 6) is 0.0378. The summed E-state index contributed by atoms with van der Waals surface area (Å²) >= 11 is 0. The second-order valence-corrected chi connectivity index (χ2v) is 6.14. The number of amides is 1. The third kappa shape index (κ3) is 3.95. The van der Waals surface area contributed by atoms with E-state index >= 15 is 0 Å². The van der Waals surface area contributed by atoms with Gasteiger partial charge in [0, 0.05) is 18.1 Å². The number of hydrogen-bond donors (Lipinski definition) is 3. The van der Waals surface area contributed by atoms with Gasteiger partial charge in [-0.15, -0.1) is 0 Å². The molecule has 3 N–H and O–H groups in total. The molecule has 7 heteroatoms. The lowest BCUT2D eigenvalue weighted by Crippen LogP contribution is -2.43. The molecule has 0 aromatic heterocycles. The molecule has 4 atom stereocenters.